The number of carboxylic acids is 1. The number of piperidine rings is 1. The average Bonchev–Trinajstić information content (AvgIpc) is 2.77. The van der Waals surface area contributed by atoms with Crippen molar-refractivity contribution < 1.29 is 19.1 Å². The molecule has 2 rings (SSSR count). The molecule has 1 aromatic rings. The first kappa shape index (κ1) is 14.6. The Hall–Kier alpha value is -0.850. The molecule has 0 aliphatic carbocycles. The largest absolute Gasteiger partial charge is 0.481 e. The smallest absolute Gasteiger partial charge is 0.305 e. The van der Waals surface area contributed by atoms with Gasteiger partial charge in [-0.25, -0.2) is 0 Å². The van der Waals surface area contributed by atoms with Crippen LogP contribution in [0.3, 0.4) is 0 Å². The number of rotatable bonds is 6. The second-order valence-corrected chi connectivity index (χ2v) is 5.48. The molecule has 0 saturated carbocycles. The van der Waals surface area contributed by atoms with Crippen LogP contribution in [0.4, 0.5) is 0 Å². The number of halogens is 1. The van der Waals surface area contributed by atoms with E-state index in [9.17, 15) is 4.79 Å². The van der Waals surface area contributed by atoms with E-state index in [0.717, 1.165) is 42.9 Å². The van der Waals surface area contributed by atoms with Gasteiger partial charge in [0.25, 0.3) is 0 Å². The van der Waals surface area contributed by atoms with Gasteiger partial charge in [-0.15, -0.1) is 0 Å². The van der Waals surface area contributed by atoms with Crippen LogP contribution in [0.15, 0.2) is 21.2 Å². The maximum absolute atomic E-state index is 10.4. The monoisotopic (exact) mass is 331 g/mol. The van der Waals surface area contributed by atoms with Gasteiger partial charge in [-0.1, -0.05) is 0 Å². The maximum Gasteiger partial charge on any atom is 0.305 e. The lowest BCUT2D eigenvalue weighted by molar-refractivity contribution is -0.138. The van der Waals surface area contributed by atoms with Gasteiger partial charge in [-0.05, 0) is 40.9 Å². The molecule has 1 fully saturated rings. The molecule has 1 aliphatic heterocycles. The summed E-state index contributed by atoms with van der Waals surface area (Å²) in [6.07, 6.45) is 2.17. The van der Waals surface area contributed by atoms with Gasteiger partial charge in [-0.3, -0.25) is 9.69 Å². The molecule has 6 heteroatoms. The topological polar surface area (TPSA) is 62.9 Å². The summed E-state index contributed by atoms with van der Waals surface area (Å²) in [5, 5.41) is 8.55. The predicted octanol–water partition coefficient (Wildman–Crippen LogP) is 2.50. The average molecular weight is 332 g/mol. The van der Waals surface area contributed by atoms with Crippen LogP contribution >= 0.6 is 15.9 Å². The molecular weight excluding hydrogens is 314 g/mol. The van der Waals surface area contributed by atoms with Gasteiger partial charge in [0.05, 0.1) is 25.7 Å². The highest BCUT2D eigenvalue weighted by molar-refractivity contribution is 9.10. The molecule has 0 amide bonds. The van der Waals surface area contributed by atoms with Crippen molar-refractivity contribution in [3.8, 4) is 0 Å². The Labute approximate surface area is 120 Å². The molecule has 19 heavy (non-hydrogen) atoms. The Balaban J connectivity index is 1.66. The predicted molar refractivity (Wildman–Crippen MR) is 72.9 cm³/mol. The number of carbonyl (C=O) groups is 1. The molecule has 106 valence electrons. The van der Waals surface area contributed by atoms with Crippen LogP contribution in [-0.2, 0) is 16.1 Å². The summed E-state index contributed by atoms with van der Waals surface area (Å²) < 4.78 is 11.8. The highest BCUT2D eigenvalue weighted by Gasteiger charge is 2.20. The number of ether oxygens (including phenoxy) is 1. The Morgan fingerprint density at radius 3 is 2.79 bits per heavy atom. The molecule has 0 unspecified atom stereocenters. The van der Waals surface area contributed by atoms with E-state index in [4.69, 9.17) is 14.3 Å². The van der Waals surface area contributed by atoms with E-state index >= 15 is 0 Å². The zero-order valence-electron chi connectivity index (χ0n) is 10.7. The molecular formula is C13H18BrNO4. The number of hydrogen-bond acceptors (Lipinski definition) is 4. The summed E-state index contributed by atoms with van der Waals surface area (Å²) in [6.45, 7) is 3.03. The van der Waals surface area contributed by atoms with Gasteiger partial charge in [0.1, 0.15) is 5.76 Å². The second-order valence-electron chi connectivity index (χ2n) is 4.70. The first-order chi connectivity index (χ1) is 9.13. The SMILES string of the molecule is O=C(O)CCOC1CCN(Cc2ccc(Br)o2)CC1. The van der Waals surface area contributed by atoms with Crippen LogP contribution < -0.4 is 0 Å². The van der Waals surface area contributed by atoms with E-state index in [0.29, 0.717) is 6.61 Å². The number of carboxylic acid groups (broad SMARTS) is 1. The Morgan fingerprint density at radius 1 is 1.47 bits per heavy atom. The third-order valence-corrected chi connectivity index (χ3v) is 3.64. The fourth-order valence-electron chi connectivity index (χ4n) is 2.20. The molecule has 2 heterocycles. The lowest BCUT2D eigenvalue weighted by Crippen LogP contribution is -2.36. The van der Waals surface area contributed by atoms with Crippen LogP contribution in [0.1, 0.15) is 25.0 Å². The molecule has 5 nitrogen and oxygen atoms in total. The summed E-state index contributed by atoms with van der Waals surface area (Å²) in [5.41, 5.74) is 0. The minimum Gasteiger partial charge on any atom is -0.481 e. The summed E-state index contributed by atoms with van der Waals surface area (Å²) in [5.74, 6) is 0.151. The maximum atomic E-state index is 10.4. The van der Waals surface area contributed by atoms with E-state index in [1.807, 2.05) is 12.1 Å². The van der Waals surface area contributed by atoms with Gasteiger partial charge in [0, 0.05) is 13.1 Å². The first-order valence-electron chi connectivity index (χ1n) is 6.43. The third-order valence-electron chi connectivity index (χ3n) is 3.21. The normalized spacial score (nSPS) is 17.7. The lowest BCUT2D eigenvalue weighted by atomic mass is 10.1. The van der Waals surface area contributed by atoms with Crippen molar-refractivity contribution >= 4 is 21.9 Å². The van der Waals surface area contributed by atoms with E-state index in [-0.39, 0.29) is 12.5 Å². The zero-order chi connectivity index (χ0) is 13.7. The molecule has 1 aromatic heterocycles. The highest BCUT2D eigenvalue weighted by atomic mass is 79.9. The van der Waals surface area contributed by atoms with Crippen molar-refractivity contribution in [3.63, 3.8) is 0 Å². The number of furan rings is 1. The Kier molecular flexibility index (Phi) is 5.42. The number of likely N-dealkylation sites (tertiary alicyclic amines) is 1. The van der Waals surface area contributed by atoms with Crippen molar-refractivity contribution in [2.75, 3.05) is 19.7 Å². The molecule has 0 spiro atoms. The first-order valence-corrected chi connectivity index (χ1v) is 7.23. The van der Waals surface area contributed by atoms with Crippen molar-refractivity contribution in [1.82, 2.24) is 4.90 Å². The minimum atomic E-state index is -0.805. The molecule has 0 bridgehead atoms. The summed E-state index contributed by atoms with van der Waals surface area (Å²) in [6, 6.07) is 3.87. The number of hydrogen-bond donors (Lipinski definition) is 1. The lowest BCUT2D eigenvalue weighted by Gasteiger charge is -2.31. The molecule has 1 saturated heterocycles. The second kappa shape index (κ2) is 7.07. The summed E-state index contributed by atoms with van der Waals surface area (Å²) >= 11 is 3.29. The molecule has 0 radical (unpaired) electrons. The fourth-order valence-corrected chi connectivity index (χ4v) is 2.54. The summed E-state index contributed by atoms with van der Waals surface area (Å²) in [7, 11) is 0. The molecule has 0 aromatic carbocycles. The highest BCUT2D eigenvalue weighted by Crippen LogP contribution is 2.19. The van der Waals surface area contributed by atoms with E-state index < -0.39 is 5.97 Å². The van der Waals surface area contributed by atoms with Crippen LogP contribution in [0.2, 0.25) is 0 Å². The number of nitrogens with zero attached hydrogens (tertiary/aromatic N) is 1. The fraction of sp³-hybridized carbons (Fsp3) is 0.615. The van der Waals surface area contributed by atoms with Crippen LogP contribution in [0.5, 0.6) is 0 Å². The standard InChI is InChI=1S/C13H18BrNO4/c14-12-2-1-11(19-12)9-15-6-3-10(4-7-15)18-8-5-13(16)17/h1-2,10H,3-9H2,(H,16,17). The van der Waals surface area contributed by atoms with Crippen LogP contribution in [0, 0.1) is 0 Å². The van der Waals surface area contributed by atoms with Gasteiger partial charge >= 0.3 is 5.97 Å². The zero-order valence-corrected chi connectivity index (χ0v) is 12.3. The van der Waals surface area contributed by atoms with Gasteiger partial charge in [-0.2, -0.15) is 0 Å². The van der Waals surface area contributed by atoms with E-state index in [2.05, 4.69) is 20.8 Å². The number of aliphatic carboxylic acids is 1. The Bertz CT molecular complexity index is 413. The molecule has 1 aliphatic rings. The van der Waals surface area contributed by atoms with Crippen LogP contribution in [0.25, 0.3) is 0 Å². The van der Waals surface area contributed by atoms with Crippen molar-refractivity contribution in [3.05, 3.63) is 22.6 Å². The van der Waals surface area contributed by atoms with Gasteiger partial charge < -0.3 is 14.3 Å². The Morgan fingerprint density at radius 2 is 2.21 bits per heavy atom. The van der Waals surface area contributed by atoms with Crippen molar-refractivity contribution in [2.24, 2.45) is 0 Å². The van der Waals surface area contributed by atoms with E-state index in [1.165, 1.54) is 0 Å². The van der Waals surface area contributed by atoms with Crippen molar-refractivity contribution in [2.45, 2.75) is 31.9 Å². The quantitative estimate of drug-likeness (QED) is 0.867. The molecule has 0 atom stereocenters. The van der Waals surface area contributed by atoms with Crippen molar-refractivity contribution in [1.29, 1.82) is 0 Å². The van der Waals surface area contributed by atoms with E-state index in [1.54, 1.807) is 0 Å². The third kappa shape index (κ3) is 4.97. The van der Waals surface area contributed by atoms with Crippen LogP contribution in [-0.4, -0.2) is 41.8 Å². The van der Waals surface area contributed by atoms with Gasteiger partial charge in [0.15, 0.2) is 4.67 Å². The summed E-state index contributed by atoms with van der Waals surface area (Å²) in [4.78, 5) is 12.7. The minimum absolute atomic E-state index is 0.0840. The molecule has 1 N–H and O–H groups in total. The van der Waals surface area contributed by atoms with Gasteiger partial charge in [0.2, 0.25) is 0 Å².